The molecule has 0 radical (unpaired) electrons. The number of fused-ring (bicyclic) bond motifs is 1. The molecule has 1 saturated heterocycles. The Morgan fingerprint density at radius 1 is 1.36 bits per heavy atom. The average molecular weight is 345 g/mol. The van der Waals surface area contributed by atoms with Crippen LogP contribution in [0.5, 0.6) is 0 Å². The zero-order valence-electron chi connectivity index (χ0n) is 14.2. The summed E-state index contributed by atoms with van der Waals surface area (Å²) in [5.74, 6) is 0.561. The predicted octanol–water partition coefficient (Wildman–Crippen LogP) is 1.98. The van der Waals surface area contributed by atoms with E-state index in [1.54, 1.807) is 11.0 Å². The lowest BCUT2D eigenvalue weighted by molar-refractivity contribution is -0.384. The number of hydrogen-bond donors (Lipinski definition) is 0. The second kappa shape index (κ2) is 6.72. The Balaban J connectivity index is 1.46. The molecule has 7 heteroatoms. The van der Waals surface area contributed by atoms with Gasteiger partial charge < -0.3 is 9.64 Å². The van der Waals surface area contributed by atoms with Gasteiger partial charge in [-0.05, 0) is 37.2 Å². The van der Waals surface area contributed by atoms with Crippen LogP contribution >= 0.6 is 0 Å². The van der Waals surface area contributed by atoms with Gasteiger partial charge in [-0.3, -0.25) is 19.8 Å². The van der Waals surface area contributed by atoms with Crippen molar-refractivity contribution in [1.29, 1.82) is 0 Å². The SMILES string of the molecule is O=C(CN(CC1CCOC1)C1CC1)N1CCc2ccc([N+](=O)[O-])cc21. The molecule has 0 aromatic heterocycles. The maximum absolute atomic E-state index is 12.9. The number of carbonyl (C=O) groups is 1. The smallest absolute Gasteiger partial charge is 0.271 e. The van der Waals surface area contributed by atoms with Crippen LogP contribution in [-0.4, -0.2) is 54.6 Å². The number of ether oxygens (including phenoxy) is 1. The fraction of sp³-hybridized carbons (Fsp3) is 0.611. The van der Waals surface area contributed by atoms with E-state index in [9.17, 15) is 14.9 Å². The van der Waals surface area contributed by atoms with Crippen LogP contribution in [-0.2, 0) is 16.0 Å². The molecular weight excluding hydrogens is 322 g/mol. The van der Waals surface area contributed by atoms with Crippen LogP contribution in [0.4, 0.5) is 11.4 Å². The molecule has 1 unspecified atom stereocenters. The Bertz CT molecular complexity index is 683. The minimum atomic E-state index is -0.405. The lowest BCUT2D eigenvalue weighted by Gasteiger charge is -2.27. The van der Waals surface area contributed by atoms with E-state index >= 15 is 0 Å². The number of rotatable bonds is 6. The maximum atomic E-state index is 12.9. The third kappa shape index (κ3) is 3.52. The van der Waals surface area contributed by atoms with E-state index < -0.39 is 4.92 Å². The third-order valence-corrected chi connectivity index (χ3v) is 5.39. The zero-order valence-corrected chi connectivity index (χ0v) is 14.2. The summed E-state index contributed by atoms with van der Waals surface area (Å²) in [6, 6.07) is 5.34. The highest BCUT2D eigenvalue weighted by atomic mass is 16.6. The zero-order chi connectivity index (χ0) is 17.4. The van der Waals surface area contributed by atoms with Gasteiger partial charge in [-0.15, -0.1) is 0 Å². The van der Waals surface area contributed by atoms with Crippen LogP contribution in [0.15, 0.2) is 18.2 Å². The van der Waals surface area contributed by atoms with Crippen molar-refractivity contribution in [3.05, 3.63) is 33.9 Å². The summed E-state index contributed by atoms with van der Waals surface area (Å²) >= 11 is 0. The summed E-state index contributed by atoms with van der Waals surface area (Å²) in [5.41, 5.74) is 1.76. The van der Waals surface area contributed by atoms with Crippen molar-refractivity contribution < 1.29 is 14.5 Å². The molecule has 1 saturated carbocycles. The Morgan fingerprint density at radius 3 is 2.88 bits per heavy atom. The molecule has 1 atom stereocenters. The molecule has 1 aliphatic carbocycles. The van der Waals surface area contributed by atoms with Crippen molar-refractivity contribution in [2.45, 2.75) is 31.7 Å². The van der Waals surface area contributed by atoms with E-state index in [1.807, 2.05) is 0 Å². The molecule has 1 aromatic carbocycles. The van der Waals surface area contributed by atoms with Crippen molar-refractivity contribution >= 4 is 17.3 Å². The van der Waals surface area contributed by atoms with E-state index in [-0.39, 0.29) is 11.6 Å². The third-order valence-electron chi connectivity index (χ3n) is 5.39. The minimum Gasteiger partial charge on any atom is -0.381 e. The van der Waals surface area contributed by atoms with Gasteiger partial charge in [0.1, 0.15) is 0 Å². The van der Waals surface area contributed by atoms with Gasteiger partial charge in [0.25, 0.3) is 5.69 Å². The molecule has 2 fully saturated rings. The highest BCUT2D eigenvalue weighted by Crippen LogP contribution is 2.33. The number of carbonyl (C=O) groups excluding carboxylic acids is 1. The van der Waals surface area contributed by atoms with Crippen molar-refractivity contribution in [1.82, 2.24) is 4.90 Å². The number of hydrogen-bond acceptors (Lipinski definition) is 5. The topological polar surface area (TPSA) is 75.9 Å². The summed E-state index contributed by atoms with van der Waals surface area (Å²) in [7, 11) is 0. The van der Waals surface area contributed by atoms with Gasteiger partial charge in [-0.1, -0.05) is 6.07 Å². The Kier molecular flexibility index (Phi) is 4.43. The molecule has 4 rings (SSSR count). The highest BCUT2D eigenvalue weighted by Gasteiger charge is 2.35. The van der Waals surface area contributed by atoms with Crippen LogP contribution < -0.4 is 4.90 Å². The molecule has 2 heterocycles. The first-order chi connectivity index (χ1) is 12.1. The minimum absolute atomic E-state index is 0.0422. The van der Waals surface area contributed by atoms with E-state index in [1.165, 1.54) is 12.1 Å². The van der Waals surface area contributed by atoms with Crippen LogP contribution in [0.3, 0.4) is 0 Å². The monoisotopic (exact) mass is 345 g/mol. The van der Waals surface area contributed by atoms with Crippen molar-refractivity contribution in [3.63, 3.8) is 0 Å². The normalized spacial score (nSPS) is 22.4. The van der Waals surface area contributed by atoms with Gasteiger partial charge >= 0.3 is 0 Å². The van der Waals surface area contributed by atoms with Crippen LogP contribution in [0.25, 0.3) is 0 Å². The molecule has 0 N–H and O–H groups in total. The molecule has 7 nitrogen and oxygen atoms in total. The number of amides is 1. The molecule has 1 aromatic rings. The van der Waals surface area contributed by atoms with Gasteiger partial charge in [-0.25, -0.2) is 0 Å². The van der Waals surface area contributed by atoms with Gasteiger partial charge in [-0.2, -0.15) is 0 Å². The lowest BCUT2D eigenvalue weighted by Crippen LogP contribution is -2.42. The summed E-state index contributed by atoms with van der Waals surface area (Å²) in [4.78, 5) is 27.5. The van der Waals surface area contributed by atoms with Crippen molar-refractivity contribution in [3.8, 4) is 0 Å². The van der Waals surface area contributed by atoms with Gasteiger partial charge in [0, 0.05) is 37.9 Å². The molecule has 0 spiro atoms. The standard InChI is InChI=1S/C18H23N3O4/c22-18(11-19(15-3-4-15)10-13-6-8-25-12-13)20-7-5-14-1-2-16(21(23)24)9-17(14)20/h1-2,9,13,15H,3-8,10-12H2. The number of benzene rings is 1. The summed E-state index contributed by atoms with van der Waals surface area (Å²) in [6.45, 7) is 3.52. The summed E-state index contributed by atoms with van der Waals surface area (Å²) in [6.07, 6.45) is 4.14. The second-order valence-corrected chi connectivity index (χ2v) is 7.26. The summed E-state index contributed by atoms with van der Waals surface area (Å²) < 4.78 is 5.46. The van der Waals surface area contributed by atoms with Crippen LogP contribution in [0.2, 0.25) is 0 Å². The summed E-state index contributed by atoms with van der Waals surface area (Å²) in [5, 5.41) is 11.0. The Hall–Kier alpha value is -1.99. The fourth-order valence-electron chi connectivity index (χ4n) is 3.84. The number of nitrogens with zero attached hydrogens (tertiary/aromatic N) is 3. The molecular formula is C18H23N3O4. The van der Waals surface area contributed by atoms with Crippen molar-refractivity contribution in [2.24, 2.45) is 5.92 Å². The number of nitro groups is 1. The van der Waals surface area contributed by atoms with Crippen LogP contribution in [0, 0.1) is 16.0 Å². The second-order valence-electron chi connectivity index (χ2n) is 7.26. The predicted molar refractivity (Wildman–Crippen MR) is 92.7 cm³/mol. The first-order valence-electron chi connectivity index (χ1n) is 9.01. The van der Waals surface area contributed by atoms with E-state index in [2.05, 4.69) is 4.90 Å². The quantitative estimate of drug-likeness (QED) is 0.582. The molecule has 134 valence electrons. The Morgan fingerprint density at radius 2 is 2.20 bits per heavy atom. The maximum Gasteiger partial charge on any atom is 0.271 e. The molecule has 1 amide bonds. The molecule has 25 heavy (non-hydrogen) atoms. The molecule has 3 aliphatic rings. The molecule has 2 aliphatic heterocycles. The van der Waals surface area contributed by atoms with Gasteiger partial charge in [0.2, 0.25) is 5.91 Å². The largest absolute Gasteiger partial charge is 0.381 e. The highest BCUT2D eigenvalue weighted by molar-refractivity contribution is 5.97. The Labute approximate surface area is 146 Å². The van der Waals surface area contributed by atoms with Gasteiger partial charge in [0.05, 0.1) is 23.8 Å². The fourth-order valence-corrected chi connectivity index (χ4v) is 3.84. The van der Waals surface area contributed by atoms with Crippen molar-refractivity contribution in [2.75, 3.05) is 37.7 Å². The number of non-ortho nitro benzene ring substituents is 1. The van der Waals surface area contributed by atoms with Gasteiger partial charge in [0.15, 0.2) is 0 Å². The van der Waals surface area contributed by atoms with E-state index in [4.69, 9.17) is 4.74 Å². The lowest BCUT2D eigenvalue weighted by atomic mass is 10.1. The van der Waals surface area contributed by atoms with E-state index in [0.29, 0.717) is 30.7 Å². The van der Waals surface area contributed by atoms with E-state index in [0.717, 1.165) is 51.0 Å². The molecule has 0 bridgehead atoms. The first-order valence-corrected chi connectivity index (χ1v) is 9.01. The number of nitro benzene ring substituents is 1. The van der Waals surface area contributed by atoms with Crippen LogP contribution in [0.1, 0.15) is 24.8 Å². The average Bonchev–Trinajstić information content (AvgIpc) is 3.15. The number of anilines is 1. The first kappa shape index (κ1) is 16.5.